The first-order valence-electron chi connectivity index (χ1n) is 7.93. The van der Waals surface area contributed by atoms with E-state index >= 15 is 0 Å². The lowest BCUT2D eigenvalue weighted by molar-refractivity contribution is 0.339. The van der Waals surface area contributed by atoms with Crippen LogP contribution in [0, 0.1) is 0 Å². The lowest BCUT2D eigenvalue weighted by Crippen LogP contribution is -2.02. The van der Waals surface area contributed by atoms with Gasteiger partial charge in [-0.15, -0.1) is 0 Å². The van der Waals surface area contributed by atoms with Gasteiger partial charge < -0.3 is 0 Å². The minimum atomic E-state index is -3.92. The van der Waals surface area contributed by atoms with Crippen molar-refractivity contribution in [3.05, 3.63) is 60.7 Å². The Morgan fingerprint density at radius 3 is 1.41 bits per heavy atom. The fourth-order valence-electron chi connectivity index (χ4n) is 1.84. The molecule has 0 radical (unpaired) electrons. The summed E-state index contributed by atoms with van der Waals surface area (Å²) in [5.41, 5.74) is 0. The molecule has 0 bridgehead atoms. The Morgan fingerprint density at radius 1 is 0.667 bits per heavy atom. The second kappa shape index (κ2) is 9.83. The third kappa shape index (κ3) is 6.83. The Labute approximate surface area is 158 Å². The fraction of sp³-hybridized carbons (Fsp3) is 0.176. The van der Waals surface area contributed by atoms with E-state index in [9.17, 15) is 16.8 Å². The van der Waals surface area contributed by atoms with Crippen molar-refractivity contribution >= 4 is 32.7 Å². The van der Waals surface area contributed by atoms with E-state index < -0.39 is 20.2 Å². The van der Waals surface area contributed by atoms with Crippen LogP contribution in [0.2, 0.25) is 0 Å². The van der Waals surface area contributed by atoms with Crippen LogP contribution in [0.1, 0.15) is 19.3 Å². The lowest BCUT2D eigenvalue weighted by atomic mass is 10.3. The summed E-state index contributed by atoms with van der Waals surface area (Å²) in [6.45, 7) is 0. The summed E-state index contributed by atoms with van der Waals surface area (Å²) < 4.78 is 56.2. The maximum absolute atomic E-state index is 11.8. The summed E-state index contributed by atoms with van der Waals surface area (Å²) in [5.74, 6) is 0. The first-order chi connectivity index (χ1) is 12.9. The van der Waals surface area contributed by atoms with Gasteiger partial charge in [0.05, 0.1) is 0 Å². The van der Waals surface area contributed by atoms with Crippen molar-refractivity contribution in [2.24, 2.45) is 10.3 Å². The number of hydrogen-bond donors (Lipinski definition) is 0. The number of benzene rings is 2. The van der Waals surface area contributed by atoms with Crippen LogP contribution in [0.4, 0.5) is 0 Å². The zero-order valence-corrected chi connectivity index (χ0v) is 15.8. The SMILES string of the molecule is O=S(=O)(ON=CCCCC=NOS(=O)(=O)c1ccccc1)c1ccccc1. The molecule has 0 saturated heterocycles. The topological polar surface area (TPSA) is 111 Å². The normalized spacial score (nSPS) is 12.4. The molecular weight excluding hydrogens is 392 g/mol. The van der Waals surface area contributed by atoms with Crippen molar-refractivity contribution < 1.29 is 25.4 Å². The molecule has 0 N–H and O–H groups in total. The summed E-state index contributed by atoms with van der Waals surface area (Å²) in [7, 11) is -7.83. The third-order valence-corrected chi connectivity index (χ3v) is 5.43. The zero-order chi connectivity index (χ0) is 19.6. The molecule has 0 aliphatic heterocycles. The summed E-state index contributed by atoms with van der Waals surface area (Å²) in [5, 5.41) is 6.86. The van der Waals surface area contributed by atoms with Gasteiger partial charge in [0.25, 0.3) is 0 Å². The molecule has 8 nitrogen and oxygen atoms in total. The Hall–Kier alpha value is -2.72. The molecule has 2 aromatic carbocycles. The molecule has 10 heteroatoms. The fourth-order valence-corrected chi connectivity index (χ4v) is 3.34. The number of nitrogens with zero attached hydrogens (tertiary/aromatic N) is 2. The van der Waals surface area contributed by atoms with Gasteiger partial charge in [-0.25, -0.2) is 0 Å². The van der Waals surface area contributed by atoms with Crippen LogP contribution >= 0.6 is 0 Å². The van der Waals surface area contributed by atoms with E-state index in [1.54, 1.807) is 36.4 Å². The van der Waals surface area contributed by atoms with Crippen molar-refractivity contribution in [2.75, 3.05) is 0 Å². The first-order valence-corrected chi connectivity index (χ1v) is 10.7. The first kappa shape index (κ1) is 20.6. The number of rotatable bonds is 10. The monoisotopic (exact) mass is 410 g/mol. The molecule has 0 aliphatic rings. The highest BCUT2D eigenvalue weighted by molar-refractivity contribution is 7.87. The van der Waals surface area contributed by atoms with Crippen LogP contribution in [-0.2, 0) is 28.8 Å². The summed E-state index contributed by atoms with van der Waals surface area (Å²) in [6, 6.07) is 15.3. The molecule has 144 valence electrons. The van der Waals surface area contributed by atoms with E-state index in [-0.39, 0.29) is 9.79 Å². The van der Waals surface area contributed by atoms with E-state index in [0.29, 0.717) is 19.3 Å². The summed E-state index contributed by atoms with van der Waals surface area (Å²) >= 11 is 0. The van der Waals surface area contributed by atoms with E-state index in [1.165, 1.54) is 36.7 Å². The van der Waals surface area contributed by atoms with Crippen molar-refractivity contribution in [2.45, 2.75) is 29.1 Å². The highest BCUT2D eigenvalue weighted by atomic mass is 32.2. The van der Waals surface area contributed by atoms with Crippen LogP contribution in [0.15, 0.2) is 80.8 Å². The van der Waals surface area contributed by atoms with Gasteiger partial charge in [0.2, 0.25) is 0 Å². The molecule has 0 aromatic heterocycles. The van der Waals surface area contributed by atoms with Gasteiger partial charge in [-0.2, -0.15) is 16.8 Å². The van der Waals surface area contributed by atoms with Gasteiger partial charge in [0, 0.05) is 12.4 Å². The highest BCUT2D eigenvalue weighted by Crippen LogP contribution is 2.12. The van der Waals surface area contributed by atoms with Crippen LogP contribution in [0.5, 0.6) is 0 Å². The van der Waals surface area contributed by atoms with Gasteiger partial charge in [0.15, 0.2) is 0 Å². The molecule has 0 atom stereocenters. The predicted octanol–water partition coefficient (Wildman–Crippen LogP) is 2.94. The zero-order valence-electron chi connectivity index (χ0n) is 14.2. The average molecular weight is 410 g/mol. The number of oxime groups is 2. The molecule has 2 aromatic rings. The second-order valence-electron chi connectivity index (χ2n) is 5.19. The van der Waals surface area contributed by atoms with Gasteiger partial charge in [-0.1, -0.05) is 46.7 Å². The molecule has 0 saturated carbocycles. The predicted molar refractivity (Wildman–Crippen MR) is 100 cm³/mol. The van der Waals surface area contributed by atoms with Crippen molar-refractivity contribution in [3.8, 4) is 0 Å². The minimum Gasteiger partial charge on any atom is -0.265 e. The van der Waals surface area contributed by atoms with Crippen molar-refractivity contribution in [1.29, 1.82) is 0 Å². The van der Waals surface area contributed by atoms with Gasteiger partial charge in [-0.3, -0.25) is 8.57 Å². The quantitative estimate of drug-likeness (QED) is 0.338. The van der Waals surface area contributed by atoms with Crippen molar-refractivity contribution in [3.63, 3.8) is 0 Å². The summed E-state index contributed by atoms with van der Waals surface area (Å²) in [6.07, 6.45) is 4.02. The average Bonchev–Trinajstić information content (AvgIpc) is 2.68. The molecule has 0 amide bonds. The number of unbranched alkanes of at least 4 members (excludes halogenated alkanes) is 2. The molecule has 0 aliphatic carbocycles. The van der Waals surface area contributed by atoms with Gasteiger partial charge >= 0.3 is 20.2 Å². The molecule has 0 fully saturated rings. The van der Waals surface area contributed by atoms with E-state index in [4.69, 9.17) is 0 Å². The molecule has 0 heterocycles. The highest BCUT2D eigenvalue weighted by Gasteiger charge is 2.14. The molecular formula is C17H18N2O6S2. The van der Waals surface area contributed by atoms with E-state index in [1.807, 2.05) is 0 Å². The minimum absolute atomic E-state index is 0.0195. The maximum Gasteiger partial charge on any atom is 0.358 e. The molecule has 27 heavy (non-hydrogen) atoms. The molecule has 0 spiro atoms. The van der Waals surface area contributed by atoms with Gasteiger partial charge in [-0.05, 0) is 43.5 Å². The second-order valence-corrected chi connectivity index (χ2v) is 8.25. The third-order valence-electron chi connectivity index (χ3n) is 3.16. The molecule has 2 rings (SSSR count). The Morgan fingerprint density at radius 2 is 1.04 bits per heavy atom. The van der Waals surface area contributed by atoms with E-state index in [2.05, 4.69) is 18.9 Å². The Balaban J connectivity index is 1.68. The standard InChI is InChI=1S/C17H18N2O6S2/c20-26(21,16-10-4-1-5-11-16)24-18-14-8-3-9-15-19-25-27(22,23)17-12-6-2-7-13-17/h1-2,4-7,10-15H,3,8-9H2. The Kier molecular flexibility index (Phi) is 7.50. The summed E-state index contributed by atoms with van der Waals surface area (Å²) in [4.78, 5) is 0.0390. The smallest absolute Gasteiger partial charge is 0.265 e. The van der Waals surface area contributed by atoms with Crippen LogP contribution in [-0.4, -0.2) is 29.3 Å². The lowest BCUT2D eigenvalue weighted by Gasteiger charge is -2.00. The van der Waals surface area contributed by atoms with Crippen LogP contribution < -0.4 is 0 Å². The van der Waals surface area contributed by atoms with Crippen molar-refractivity contribution in [1.82, 2.24) is 0 Å². The maximum atomic E-state index is 11.8. The van der Waals surface area contributed by atoms with Gasteiger partial charge in [0.1, 0.15) is 9.79 Å². The van der Waals surface area contributed by atoms with E-state index in [0.717, 1.165) is 0 Å². The largest absolute Gasteiger partial charge is 0.358 e. The van der Waals surface area contributed by atoms with Crippen LogP contribution in [0.25, 0.3) is 0 Å². The Bertz CT molecular complexity index is 891. The molecule has 0 unspecified atom stereocenters. The van der Waals surface area contributed by atoms with Crippen LogP contribution in [0.3, 0.4) is 0 Å². The number of hydrogen-bond acceptors (Lipinski definition) is 8.